The highest BCUT2D eigenvalue weighted by atomic mass is 79.9. The first kappa shape index (κ1) is 18.2. The molecular weight excluding hydrogens is 396 g/mol. The molecule has 0 atom stereocenters. The van der Waals surface area contributed by atoms with Gasteiger partial charge in [0.1, 0.15) is 17.3 Å². The summed E-state index contributed by atoms with van der Waals surface area (Å²) in [6.45, 7) is 3.74. The third-order valence-corrected chi connectivity index (χ3v) is 4.50. The van der Waals surface area contributed by atoms with E-state index in [2.05, 4.69) is 26.4 Å². The number of carbonyl (C=O) groups excluding carboxylic acids is 1. The number of amides is 1. The zero-order valence-electron chi connectivity index (χ0n) is 14.6. The van der Waals surface area contributed by atoms with Gasteiger partial charge in [0.15, 0.2) is 0 Å². The molecular formula is C20H19BrN2O3. The monoisotopic (exact) mass is 414 g/mol. The van der Waals surface area contributed by atoms with Crippen LogP contribution in [0.1, 0.15) is 23.4 Å². The van der Waals surface area contributed by atoms with Crippen LogP contribution in [0.25, 0.3) is 0 Å². The molecule has 1 heterocycles. The van der Waals surface area contributed by atoms with Gasteiger partial charge in [-0.3, -0.25) is 4.79 Å². The molecule has 1 N–H and O–H groups in total. The van der Waals surface area contributed by atoms with Crippen LogP contribution in [-0.2, 0) is 11.2 Å². The van der Waals surface area contributed by atoms with E-state index in [1.807, 2.05) is 62.4 Å². The first-order valence-corrected chi connectivity index (χ1v) is 9.05. The molecule has 1 aromatic heterocycles. The van der Waals surface area contributed by atoms with E-state index in [4.69, 9.17) is 9.26 Å². The summed E-state index contributed by atoms with van der Waals surface area (Å²) in [4.78, 5) is 12.1. The van der Waals surface area contributed by atoms with Gasteiger partial charge in [-0.25, -0.2) is 0 Å². The van der Waals surface area contributed by atoms with E-state index in [-0.39, 0.29) is 5.91 Å². The van der Waals surface area contributed by atoms with Crippen molar-refractivity contribution in [3.63, 3.8) is 0 Å². The van der Waals surface area contributed by atoms with E-state index >= 15 is 0 Å². The number of ether oxygens (including phenoxy) is 1. The highest BCUT2D eigenvalue weighted by Gasteiger charge is 2.11. The zero-order chi connectivity index (χ0) is 18.5. The van der Waals surface area contributed by atoms with Crippen molar-refractivity contribution in [2.24, 2.45) is 0 Å². The van der Waals surface area contributed by atoms with E-state index in [9.17, 15) is 4.79 Å². The average Bonchev–Trinajstić information content (AvgIpc) is 2.95. The van der Waals surface area contributed by atoms with Crippen molar-refractivity contribution < 1.29 is 14.1 Å². The number of nitrogens with one attached hydrogen (secondary N) is 1. The average molecular weight is 415 g/mol. The van der Waals surface area contributed by atoms with Crippen LogP contribution in [0.3, 0.4) is 0 Å². The molecule has 0 saturated carbocycles. The van der Waals surface area contributed by atoms with Crippen molar-refractivity contribution in [3.8, 4) is 11.5 Å². The number of halogens is 1. The Morgan fingerprint density at radius 2 is 1.69 bits per heavy atom. The Kier molecular flexibility index (Phi) is 5.73. The number of hydrogen-bond acceptors (Lipinski definition) is 4. The summed E-state index contributed by atoms with van der Waals surface area (Å²) in [5.74, 6) is 2.18. The lowest BCUT2D eigenvalue weighted by atomic mass is 10.1. The molecule has 0 bridgehead atoms. The minimum Gasteiger partial charge on any atom is -0.457 e. The number of nitrogens with zero attached hydrogens (tertiary/aromatic N) is 1. The zero-order valence-corrected chi connectivity index (χ0v) is 16.2. The Hall–Kier alpha value is -2.60. The number of anilines is 1. The number of rotatable bonds is 6. The third-order valence-electron chi connectivity index (χ3n) is 3.97. The largest absolute Gasteiger partial charge is 0.457 e. The summed E-state index contributed by atoms with van der Waals surface area (Å²) in [5, 5.41) is 6.79. The molecule has 5 nitrogen and oxygen atoms in total. The minimum atomic E-state index is -0.0495. The third kappa shape index (κ3) is 4.73. The van der Waals surface area contributed by atoms with Crippen LogP contribution < -0.4 is 10.1 Å². The van der Waals surface area contributed by atoms with Gasteiger partial charge in [0.25, 0.3) is 0 Å². The second-order valence-corrected chi connectivity index (χ2v) is 6.85. The molecule has 3 rings (SSSR count). The summed E-state index contributed by atoms with van der Waals surface area (Å²) < 4.78 is 11.9. The number of hydrogen-bond donors (Lipinski definition) is 1. The molecule has 0 fully saturated rings. The van der Waals surface area contributed by atoms with Gasteiger partial charge in [0.2, 0.25) is 5.91 Å². The van der Waals surface area contributed by atoms with Crippen molar-refractivity contribution in [2.75, 3.05) is 5.32 Å². The van der Waals surface area contributed by atoms with Gasteiger partial charge in [0.05, 0.1) is 5.69 Å². The van der Waals surface area contributed by atoms with E-state index < -0.39 is 0 Å². The minimum absolute atomic E-state index is 0.0495. The molecule has 0 spiro atoms. The summed E-state index contributed by atoms with van der Waals surface area (Å²) in [5.41, 5.74) is 2.57. The predicted octanol–water partition coefficient (Wildman–Crippen LogP) is 5.42. The highest BCUT2D eigenvalue weighted by Crippen LogP contribution is 2.24. The smallest absolute Gasteiger partial charge is 0.224 e. The SMILES string of the molecule is Cc1noc(C)c1CCC(=O)Nc1ccc(Oc2ccc(Br)cc2)cc1. The van der Waals surface area contributed by atoms with Crippen LogP contribution in [0.5, 0.6) is 11.5 Å². The number of aryl methyl sites for hydroxylation is 2. The van der Waals surface area contributed by atoms with Crippen LogP contribution in [0.2, 0.25) is 0 Å². The Bertz CT molecular complexity index is 867. The molecule has 0 radical (unpaired) electrons. The molecule has 0 aliphatic rings. The molecule has 2 aromatic carbocycles. The standard InChI is InChI=1S/C20H19BrN2O3/c1-13-19(14(2)26-23-13)11-12-20(24)22-16-5-9-18(10-6-16)25-17-7-3-15(21)4-8-17/h3-10H,11-12H2,1-2H3,(H,22,24). The maximum absolute atomic E-state index is 12.1. The molecule has 0 saturated heterocycles. The first-order valence-electron chi connectivity index (χ1n) is 8.26. The lowest BCUT2D eigenvalue weighted by Crippen LogP contribution is -2.12. The van der Waals surface area contributed by atoms with Crippen molar-refractivity contribution >= 4 is 27.5 Å². The Labute approximate surface area is 160 Å². The van der Waals surface area contributed by atoms with Crippen LogP contribution in [0.4, 0.5) is 5.69 Å². The normalized spacial score (nSPS) is 10.6. The molecule has 1 amide bonds. The molecule has 0 aliphatic carbocycles. The van der Waals surface area contributed by atoms with Gasteiger partial charge >= 0.3 is 0 Å². The van der Waals surface area contributed by atoms with Gasteiger partial charge in [0, 0.05) is 22.1 Å². The molecule has 3 aromatic rings. The van der Waals surface area contributed by atoms with E-state index in [1.54, 1.807) is 0 Å². The second-order valence-electron chi connectivity index (χ2n) is 5.93. The van der Waals surface area contributed by atoms with Gasteiger partial charge in [-0.2, -0.15) is 0 Å². The fourth-order valence-electron chi connectivity index (χ4n) is 2.57. The van der Waals surface area contributed by atoms with Gasteiger partial charge in [-0.1, -0.05) is 21.1 Å². The Morgan fingerprint density at radius 1 is 1.08 bits per heavy atom. The van der Waals surface area contributed by atoms with Crippen molar-refractivity contribution in [2.45, 2.75) is 26.7 Å². The quantitative estimate of drug-likeness (QED) is 0.584. The van der Waals surface area contributed by atoms with E-state index in [0.717, 1.165) is 32.9 Å². The lowest BCUT2D eigenvalue weighted by Gasteiger charge is -2.08. The van der Waals surface area contributed by atoms with Gasteiger partial charge in [-0.15, -0.1) is 0 Å². The van der Waals surface area contributed by atoms with E-state index in [1.165, 1.54) is 0 Å². The summed E-state index contributed by atoms with van der Waals surface area (Å²) >= 11 is 3.39. The lowest BCUT2D eigenvalue weighted by molar-refractivity contribution is -0.116. The van der Waals surface area contributed by atoms with Crippen molar-refractivity contribution in [3.05, 3.63) is 70.0 Å². The predicted molar refractivity (Wildman–Crippen MR) is 104 cm³/mol. The Balaban J connectivity index is 1.53. The molecule has 0 aliphatic heterocycles. The summed E-state index contributed by atoms with van der Waals surface area (Å²) in [6.07, 6.45) is 0.984. The second kappa shape index (κ2) is 8.19. The summed E-state index contributed by atoms with van der Waals surface area (Å²) in [7, 11) is 0. The first-order chi connectivity index (χ1) is 12.5. The maximum Gasteiger partial charge on any atom is 0.224 e. The van der Waals surface area contributed by atoms with Gasteiger partial charge < -0.3 is 14.6 Å². The number of aromatic nitrogens is 1. The molecule has 26 heavy (non-hydrogen) atoms. The topological polar surface area (TPSA) is 64.4 Å². The summed E-state index contributed by atoms with van der Waals surface area (Å²) in [6, 6.07) is 14.9. The fourth-order valence-corrected chi connectivity index (χ4v) is 2.83. The van der Waals surface area contributed by atoms with Crippen LogP contribution in [-0.4, -0.2) is 11.1 Å². The van der Waals surface area contributed by atoms with E-state index in [0.29, 0.717) is 18.6 Å². The highest BCUT2D eigenvalue weighted by molar-refractivity contribution is 9.10. The van der Waals surface area contributed by atoms with Crippen LogP contribution in [0, 0.1) is 13.8 Å². The number of carbonyl (C=O) groups is 1. The molecule has 6 heteroatoms. The molecule has 134 valence electrons. The maximum atomic E-state index is 12.1. The van der Waals surface area contributed by atoms with Crippen molar-refractivity contribution in [1.29, 1.82) is 0 Å². The van der Waals surface area contributed by atoms with Gasteiger partial charge in [-0.05, 0) is 68.8 Å². The van der Waals surface area contributed by atoms with Crippen LogP contribution in [0.15, 0.2) is 57.5 Å². The van der Waals surface area contributed by atoms with Crippen molar-refractivity contribution in [1.82, 2.24) is 5.16 Å². The molecule has 0 unspecified atom stereocenters. The fraction of sp³-hybridized carbons (Fsp3) is 0.200. The van der Waals surface area contributed by atoms with Crippen LogP contribution >= 0.6 is 15.9 Å². The Morgan fingerprint density at radius 3 is 2.27 bits per heavy atom. The number of benzene rings is 2.